The molecule has 1 atom stereocenters. The third-order valence-electron chi connectivity index (χ3n) is 4.61. The molecule has 0 aliphatic carbocycles. The average molecular weight is 432 g/mol. The fourth-order valence-electron chi connectivity index (χ4n) is 3.40. The minimum atomic E-state index is -4.80. The monoisotopic (exact) mass is 432 g/mol. The van der Waals surface area contributed by atoms with Crippen LogP contribution in [0.5, 0.6) is 0 Å². The molecule has 10 heteroatoms. The van der Waals surface area contributed by atoms with Crippen LogP contribution in [-0.4, -0.2) is 40.6 Å². The van der Waals surface area contributed by atoms with Crippen molar-refractivity contribution in [3.05, 3.63) is 23.5 Å². The summed E-state index contributed by atoms with van der Waals surface area (Å²) in [6, 6.07) is 0.623. The highest BCUT2D eigenvalue weighted by molar-refractivity contribution is 6.08. The normalized spacial score (nSPS) is 17.7. The standard InChI is InChI=1S/C20H27F3N2O5/c1-18(2,3)30-17(28)25(16(26)27)12-9-14(20(21,22)23)15(24-11-12)19(4,5)10-13-7-6-8-29-13/h9,11,13H,6-8,10H2,1-5H3,(H,26,27). The van der Waals surface area contributed by atoms with Crippen LogP contribution >= 0.6 is 0 Å². The SMILES string of the molecule is CC(C)(C)OC(=O)N(C(=O)O)c1cnc(C(C)(C)CC2CCCO2)c(C(F)(F)F)c1. The number of anilines is 1. The first-order valence-corrected chi connectivity index (χ1v) is 9.57. The van der Waals surface area contributed by atoms with Gasteiger partial charge in [-0.05, 0) is 46.1 Å². The van der Waals surface area contributed by atoms with Crippen LogP contribution in [0.4, 0.5) is 28.4 Å². The number of amides is 2. The van der Waals surface area contributed by atoms with Crippen molar-refractivity contribution in [1.82, 2.24) is 4.98 Å². The summed E-state index contributed by atoms with van der Waals surface area (Å²) in [5.74, 6) is 0. The van der Waals surface area contributed by atoms with Crippen LogP contribution < -0.4 is 4.90 Å². The molecule has 0 bridgehead atoms. The molecule has 1 aliphatic heterocycles. The van der Waals surface area contributed by atoms with Crippen LogP contribution in [-0.2, 0) is 21.1 Å². The second-order valence-corrected chi connectivity index (χ2v) is 8.91. The first-order chi connectivity index (χ1) is 13.6. The Bertz CT molecular complexity index is 797. The Morgan fingerprint density at radius 2 is 1.90 bits per heavy atom. The van der Waals surface area contributed by atoms with Gasteiger partial charge < -0.3 is 14.6 Å². The van der Waals surface area contributed by atoms with Crippen molar-refractivity contribution < 1.29 is 37.3 Å². The summed E-state index contributed by atoms with van der Waals surface area (Å²) >= 11 is 0. The maximum Gasteiger partial charge on any atom is 0.424 e. The Balaban J connectivity index is 2.48. The van der Waals surface area contributed by atoms with Gasteiger partial charge in [0.15, 0.2) is 0 Å². The van der Waals surface area contributed by atoms with Crippen LogP contribution in [0.3, 0.4) is 0 Å². The molecular weight excluding hydrogens is 405 g/mol. The first kappa shape index (κ1) is 23.9. The predicted molar refractivity (Wildman–Crippen MR) is 103 cm³/mol. The van der Waals surface area contributed by atoms with Crippen LogP contribution in [0, 0.1) is 0 Å². The number of ether oxygens (including phenoxy) is 2. The molecule has 1 unspecified atom stereocenters. The molecular formula is C20H27F3N2O5. The summed E-state index contributed by atoms with van der Waals surface area (Å²) in [6.07, 6.45) is -5.17. The molecule has 1 aromatic heterocycles. The van der Waals surface area contributed by atoms with Crippen LogP contribution in [0.25, 0.3) is 0 Å². The van der Waals surface area contributed by atoms with Crippen molar-refractivity contribution >= 4 is 17.9 Å². The Morgan fingerprint density at radius 3 is 2.37 bits per heavy atom. The number of carboxylic acid groups (broad SMARTS) is 1. The van der Waals surface area contributed by atoms with Crippen LogP contribution in [0.2, 0.25) is 0 Å². The molecule has 0 saturated carbocycles. The molecule has 1 N–H and O–H groups in total. The number of pyridine rings is 1. The van der Waals surface area contributed by atoms with E-state index in [-0.39, 0.29) is 16.7 Å². The lowest BCUT2D eigenvalue weighted by Crippen LogP contribution is -2.40. The van der Waals surface area contributed by atoms with Gasteiger partial charge in [0.1, 0.15) is 5.60 Å². The van der Waals surface area contributed by atoms with Crippen molar-refractivity contribution in [3.63, 3.8) is 0 Å². The van der Waals surface area contributed by atoms with E-state index in [0.717, 1.165) is 19.0 Å². The maximum absolute atomic E-state index is 13.9. The highest BCUT2D eigenvalue weighted by Gasteiger charge is 2.42. The van der Waals surface area contributed by atoms with Gasteiger partial charge in [-0.3, -0.25) is 4.98 Å². The zero-order valence-corrected chi connectivity index (χ0v) is 17.7. The quantitative estimate of drug-likeness (QED) is 0.688. The number of hydrogen-bond donors (Lipinski definition) is 1. The van der Waals surface area contributed by atoms with E-state index in [0.29, 0.717) is 19.1 Å². The number of alkyl halides is 3. The van der Waals surface area contributed by atoms with Gasteiger partial charge in [0.05, 0.1) is 29.2 Å². The summed E-state index contributed by atoms with van der Waals surface area (Å²) in [5.41, 5.74) is -3.89. The van der Waals surface area contributed by atoms with Gasteiger partial charge in [0, 0.05) is 12.0 Å². The van der Waals surface area contributed by atoms with Gasteiger partial charge >= 0.3 is 18.4 Å². The number of nitrogens with zero attached hydrogens (tertiary/aromatic N) is 2. The van der Waals surface area contributed by atoms with E-state index in [1.165, 1.54) is 20.8 Å². The zero-order valence-electron chi connectivity index (χ0n) is 17.7. The zero-order chi connectivity index (χ0) is 22.9. The van der Waals surface area contributed by atoms with Crippen molar-refractivity contribution in [1.29, 1.82) is 0 Å². The van der Waals surface area contributed by atoms with Crippen LogP contribution in [0.15, 0.2) is 12.3 Å². The minimum Gasteiger partial charge on any atom is -0.464 e. The first-order valence-electron chi connectivity index (χ1n) is 9.57. The van der Waals surface area contributed by atoms with Gasteiger partial charge in [0.25, 0.3) is 0 Å². The highest BCUT2D eigenvalue weighted by Crippen LogP contribution is 2.41. The largest absolute Gasteiger partial charge is 0.464 e. The van der Waals surface area contributed by atoms with Crippen molar-refractivity contribution in [2.24, 2.45) is 0 Å². The van der Waals surface area contributed by atoms with Crippen molar-refractivity contribution in [3.8, 4) is 0 Å². The molecule has 1 fully saturated rings. The number of rotatable bonds is 4. The van der Waals surface area contributed by atoms with Crippen LogP contribution in [0.1, 0.15) is 65.1 Å². The van der Waals surface area contributed by atoms with E-state index < -0.39 is 40.6 Å². The van der Waals surface area contributed by atoms with Gasteiger partial charge in [-0.2, -0.15) is 18.1 Å². The van der Waals surface area contributed by atoms with E-state index in [4.69, 9.17) is 9.47 Å². The molecule has 0 aromatic carbocycles. The number of aromatic nitrogens is 1. The van der Waals surface area contributed by atoms with Gasteiger partial charge in [-0.25, -0.2) is 9.59 Å². The Hall–Kier alpha value is -2.36. The summed E-state index contributed by atoms with van der Waals surface area (Å²) in [5, 5.41) is 9.41. The van der Waals surface area contributed by atoms with Gasteiger partial charge in [-0.1, -0.05) is 13.8 Å². The van der Waals surface area contributed by atoms with Crippen molar-refractivity contribution in [2.45, 2.75) is 77.2 Å². The molecule has 0 spiro atoms. The molecule has 2 heterocycles. The Kier molecular flexibility index (Phi) is 6.70. The van der Waals surface area contributed by atoms with Gasteiger partial charge in [0.2, 0.25) is 0 Å². The molecule has 2 rings (SSSR count). The number of carbonyl (C=O) groups is 2. The highest BCUT2D eigenvalue weighted by atomic mass is 19.4. The topological polar surface area (TPSA) is 89.0 Å². The number of halogens is 3. The Labute approximate surface area is 173 Å². The number of imide groups is 1. The molecule has 1 aromatic rings. The molecule has 0 radical (unpaired) electrons. The van der Waals surface area contributed by atoms with E-state index in [9.17, 15) is 27.9 Å². The number of hydrogen-bond acceptors (Lipinski definition) is 5. The lowest BCUT2D eigenvalue weighted by molar-refractivity contribution is -0.139. The summed E-state index contributed by atoms with van der Waals surface area (Å²) in [4.78, 5) is 27.9. The summed E-state index contributed by atoms with van der Waals surface area (Å²) in [6.45, 7) is 8.38. The van der Waals surface area contributed by atoms with E-state index in [1.54, 1.807) is 13.8 Å². The van der Waals surface area contributed by atoms with Gasteiger partial charge in [-0.15, -0.1) is 0 Å². The molecule has 1 aliphatic rings. The smallest absolute Gasteiger partial charge is 0.424 e. The molecule has 2 amide bonds. The third-order valence-corrected chi connectivity index (χ3v) is 4.61. The van der Waals surface area contributed by atoms with E-state index in [1.807, 2.05) is 0 Å². The fourth-order valence-corrected chi connectivity index (χ4v) is 3.40. The lowest BCUT2D eigenvalue weighted by Gasteiger charge is -2.30. The molecule has 168 valence electrons. The second kappa shape index (κ2) is 8.41. The maximum atomic E-state index is 13.9. The van der Waals surface area contributed by atoms with E-state index >= 15 is 0 Å². The Morgan fingerprint density at radius 1 is 1.27 bits per heavy atom. The summed E-state index contributed by atoms with van der Waals surface area (Å²) in [7, 11) is 0. The summed E-state index contributed by atoms with van der Waals surface area (Å²) < 4.78 is 52.1. The van der Waals surface area contributed by atoms with E-state index in [2.05, 4.69) is 4.98 Å². The lowest BCUT2D eigenvalue weighted by atomic mass is 9.80. The minimum absolute atomic E-state index is 0.115. The molecule has 7 nitrogen and oxygen atoms in total. The molecule has 1 saturated heterocycles. The fraction of sp³-hybridized carbons (Fsp3) is 0.650. The number of carbonyl (C=O) groups excluding carboxylic acids is 1. The second-order valence-electron chi connectivity index (χ2n) is 8.91. The van der Waals surface area contributed by atoms with Crippen molar-refractivity contribution in [2.75, 3.05) is 11.5 Å². The third kappa shape index (κ3) is 5.84. The average Bonchev–Trinajstić information content (AvgIpc) is 3.04. The molecule has 30 heavy (non-hydrogen) atoms. The predicted octanol–water partition coefficient (Wildman–Crippen LogP) is 5.37.